The molecule has 2 unspecified atom stereocenters. The Labute approximate surface area is 211 Å². The molecule has 188 valence electrons. The smallest absolute Gasteiger partial charge is 0.228 e. The average molecular weight is 500 g/mol. The first-order chi connectivity index (χ1) is 16.7. The normalized spacial score (nSPS) is 28.7. The molecule has 0 radical (unpaired) electrons. The highest BCUT2D eigenvalue weighted by Crippen LogP contribution is 2.35. The molecule has 2 aromatic rings. The van der Waals surface area contributed by atoms with Crippen LogP contribution in [-0.2, 0) is 4.74 Å². The van der Waals surface area contributed by atoms with Crippen molar-refractivity contribution in [2.45, 2.75) is 57.3 Å². The van der Waals surface area contributed by atoms with E-state index in [4.69, 9.17) is 27.1 Å². The number of anilines is 2. The van der Waals surface area contributed by atoms with Crippen molar-refractivity contribution in [3.8, 4) is 0 Å². The van der Waals surface area contributed by atoms with E-state index < -0.39 is 6.10 Å². The monoisotopic (exact) mass is 499 g/mol. The van der Waals surface area contributed by atoms with Gasteiger partial charge in [0, 0.05) is 43.0 Å². The highest BCUT2D eigenvalue weighted by Gasteiger charge is 2.47. The van der Waals surface area contributed by atoms with Crippen LogP contribution in [-0.4, -0.2) is 82.4 Å². The number of nitrogens with one attached hydrogen (secondary N) is 1. The van der Waals surface area contributed by atoms with Crippen LogP contribution >= 0.6 is 11.6 Å². The lowest BCUT2D eigenvalue weighted by molar-refractivity contribution is -0.0160. The summed E-state index contributed by atoms with van der Waals surface area (Å²) in [6.07, 6.45) is 5.30. The summed E-state index contributed by atoms with van der Waals surface area (Å²) < 4.78 is 5.57. The predicted molar refractivity (Wildman–Crippen MR) is 140 cm³/mol. The standard InChI is InChI=1S/C25H34ClN7O2/c1-15(27)8-23(29-18-4-5-18)31-24-28-11-17-9-19(26)21(10-20(17)30-24)32-6-7-33(16(2)12-32)25(3)14-35-13-22(25)34/h8-11,16,18,22,34H,4-7,12-14,27H2,1-3H3,(H,28,29,30,31)/b15-8-/t16-,22?,25?/m0/s1. The van der Waals surface area contributed by atoms with Crippen LogP contribution in [0.15, 0.2) is 35.1 Å². The Hall–Kier alpha value is -2.46. The third-order valence-corrected chi connectivity index (χ3v) is 7.44. The second kappa shape index (κ2) is 9.54. The molecular formula is C25H34ClN7O2. The number of halogens is 1. The molecule has 1 aromatic carbocycles. The van der Waals surface area contributed by atoms with Crippen LogP contribution in [0.5, 0.6) is 0 Å². The van der Waals surface area contributed by atoms with Crippen molar-refractivity contribution in [2.75, 3.05) is 43.1 Å². The average Bonchev–Trinajstić information content (AvgIpc) is 3.55. The fourth-order valence-corrected chi connectivity index (χ4v) is 5.33. The maximum absolute atomic E-state index is 10.5. The number of amidine groups is 1. The summed E-state index contributed by atoms with van der Waals surface area (Å²) in [6.45, 7) is 9.46. The van der Waals surface area contributed by atoms with Gasteiger partial charge in [-0.1, -0.05) is 11.6 Å². The third kappa shape index (κ3) is 5.09. The lowest BCUT2D eigenvalue weighted by atomic mass is 9.92. The van der Waals surface area contributed by atoms with Crippen molar-refractivity contribution in [1.29, 1.82) is 0 Å². The van der Waals surface area contributed by atoms with E-state index in [1.807, 2.05) is 25.1 Å². The van der Waals surface area contributed by atoms with Crippen LogP contribution in [0.3, 0.4) is 0 Å². The summed E-state index contributed by atoms with van der Waals surface area (Å²) in [7, 11) is 0. The first-order valence-electron chi connectivity index (χ1n) is 12.3. The topological polar surface area (TPSA) is 112 Å². The first kappa shape index (κ1) is 24.2. The summed E-state index contributed by atoms with van der Waals surface area (Å²) in [5, 5.41) is 15.3. The molecule has 4 N–H and O–H groups in total. The Morgan fingerprint density at radius 3 is 2.83 bits per heavy atom. The fraction of sp³-hybridized carbons (Fsp3) is 0.560. The molecule has 2 aliphatic heterocycles. The van der Waals surface area contributed by atoms with Gasteiger partial charge in [0.1, 0.15) is 5.84 Å². The highest BCUT2D eigenvalue weighted by molar-refractivity contribution is 6.34. The number of nitrogens with two attached hydrogens (primary N) is 1. The molecule has 3 heterocycles. The van der Waals surface area contributed by atoms with Gasteiger partial charge in [-0.2, -0.15) is 0 Å². The number of aliphatic imine (C=N–C) groups is 1. The number of fused-ring (bicyclic) bond motifs is 1. The summed E-state index contributed by atoms with van der Waals surface area (Å²) in [6, 6.07) is 4.53. The zero-order valence-corrected chi connectivity index (χ0v) is 21.3. The van der Waals surface area contributed by atoms with Crippen LogP contribution in [0.1, 0.15) is 33.6 Å². The fourth-order valence-electron chi connectivity index (χ4n) is 5.04. The molecule has 10 heteroatoms. The molecule has 3 aliphatic rings. The first-order valence-corrected chi connectivity index (χ1v) is 12.6. The molecule has 0 amide bonds. The molecule has 3 fully saturated rings. The maximum Gasteiger partial charge on any atom is 0.228 e. The maximum atomic E-state index is 10.5. The van der Waals surface area contributed by atoms with Crippen LogP contribution in [0.25, 0.3) is 10.9 Å². The number of rotatable bonds is 5. The number of hydrogen-bond donors (Lipinski definition) is 3. The highest BCUT2D eigenvalue weighted by atomic mass is 35.5. The molecule has 0 bridgehead atoms. The SMILES string of the molecule is C/C(N)=C/C(=NC1CC1)Nc1ncc2cc(Cl)c(N3CCN(C4(C)COCC4O)[C@@H](C)C3)cc2n1. The number of aliphatic hydroxyl groups excluding tert-OH is 1. The van der Waals surface area contributed by atoms with E-state index in [0.29, 0.717) is 41.8 Å². The van der Waals surface area contributed by atoms with Crippen LogP contribution < -0.4 is 16.0 Å². The van der Waals surface area contributed by atoms with E-state index >= 15 is 0 Å². The van der Waals surface area contributed by atoms with Crippen molar-refractivity contribution >= 4 is 40.0 Å². The van der Waals surface area contributed by atoms with Gasteiger partial charge in [-0.15, -0.1) is 0 Å². The van der Waals surface area contributed by atoms with Crippen LogP contribution in [0.4, 0.5) is 11.6 Å². The van der Waals surface area contributed by atoms with Gasteiger partial charge in [0.05, 0.1) is 47.1 Å². The molecule has 2 saturated heterocycles. The lowest BCUT2D eigenvalue weighted by Gasteiger charge is -2.49. The molecule has 0 spiro atoms. The van der Waals surface area contributed by atoms with Gasteiger partial charge in [-0.25, -0.2) is 9.97 Å². The Balaban J connectivity index is 1.37. The molecule has 1 saturated carbocycles. The summed E-state index contributed by atoms with van der Waals surface area (Å²) in [5.74, 6) is 1.15. The van der Waals surface area contributed by atoms with Crippen molar-refractivity contribution < 1.29 is 9.84 Å². The predicted octanol–water partition coefficient (Wildman–Crippen LogP) is 2.78. The van der Waals surface area contributed by atoms with E-state index in [0.717, 1.165) is 49.1 Å². The molecule has 9 nitrogen and oxygen atoms in total. The van der Waals surface area contributed by atoms with Crippen molar-refractivity contribution in [1.82, 2.24) is 14.9 Å². The van der Waals surface area contributed by atoms with Crippen LogP contribution in [0.2, 0.25) is 5.02 Å². The van der Waals surface area contributed by atoms with Gasteiger partial charge in [0.2, 0.25) is 5.95 Å². The third-order valence-electron chi connectivity index (χ3n) is 7.13. The van der Waals surface area contributed by atoms with E-state index in [1.165, 1.54) is 0 Å². The number of aromatic nitrogens is 2. The lowest BCUT2D eigenvalue weighted by Crippen LogP contribution is -2.64. The number of ether oxygens (including phenoxy) is 1. The minimum atomic E-state index is -0.477. The minimum Gasteiger partial charge on any atom is -0.402 e. The number of nitrogens with zero attached hydrogens (tertiary/aromatic N) is 5. The van der Waals surface area contributed by atoms with E-state index in [9.17, 15) is 5.11 Å². The van der Waals surface area contributed by atoms with Gasteiger partial charge in [0.25, 0.3) is 0 Å². The molecule has 1 aliphatic carbocycles. The number of benzene rings is 1. The second-order valence-electron chi connectivity index (χ2n) is 10.2. The Morgan fingerprint density at radius 1 is 1.37 bits per heavy atom. The van der Waals surface area contributed by atoms with E-state index in [2.05, 4.69) is 38.9 Å². The summed E-state index contributed by atoms with van der Waals surface area (Å²) in [4.78, 5) is 18.5. The minimum absolute atomic E-state index is 0.229. The van der Waals surface area contributed by atoms with Crippen molar-refractivity contribution in [3.05, 3.63) is 35.1 Å². The van der Waals surface area contributed by atoms with Gasteiger partial charge >= 0.3 is 0 Å². The summed E-state index contributed by atoms with van der Waals surface area (Å²) >= 11 is 6.72. The number of piperazine rings is 1. The van der Waals surface area contributed by atoms with E-state index in [-0.39, 0.29) is 11.6 Å². The second-order valence-corrected chi connectivity index (χ2v) is 10.6. The largest absolute Gasteiger partial charge is 0.402 e. The zero-order valence-electron chi connectivity index (χ0n) is 20.5. The number of hydrogen-bond acceptors (Lipinski definition) is 8. The molecule has 1 aromatic heterocycles. The summed E-state index contributed by atoms with van der Waals surface area (Å²) in [5.41, 5.74) is 7.96. The zero-order chi connectivity index (χ0) is 24.7. The van der Waals surface area contributed by atoms with Gasteiger partial charge in [-0.05, 0) is 51.8 Å². The molecular weight excluding hydrogens is 466 g/mol. The van der Waals surface area contributed by atoms with Crippen LogP contribution in [0, 0.1) is 0 Å². The Morgan fingerprint density at radius 2 is 2.17 bits per heavy atom. The van der Waals surface area contributed by atoms with Crippen molar-refractivity contribution in [3.63, 3.8) is 0 Å². The Bertz CT molecular complexity index is 1160. The van der Waals surface area contributed by atoms with Gasteiger partial charge < -0.3 is 25.8 Å². The molecule has 3 atom stereocenters. The number of aliphatic hydroxyl groups is 1. The molecule has 5 rings (SSSR count). The van der Waals surface area contributed by atoms with Crippen molar-refractivity contribution in [2.24, 2.45) is 10.7 Å². The quantitative estimate of drug-likeness (QED) is 0.425. The Kier molecular flexibility index (Phi) is 6.61. The van der Waals surface area contributed by atoms with Gasteiger partial charge in [-0.3, -0.25) is 9.89 Å². The number of allylic oxidation sites excluding steroid dienone is 1. The van der Waals surface area contributed by atoms with E-state index in [1.54, 1.807) is 6.20 Å². The molecule has 35 heavy (non-hydrogen) atoms. The van der Waals surface area contributed by atoms with Gasteiger partial charge in [0.15, 0.2) is 0 Å².